The third-order valence-electron chi connectivity index (χ3n) is 1.34. The third kappa shape index (κ3) is 1.98. The van der Waals surface area contributed by atoms with Crippen molar-refractivity contribution in [2.75, 3.05) is 0 Å². The van der Waals surface area contributed by atoms with Crippen LogP contribution in [0.4, 0.5) is 0 Å². The van der Waals surface area contributed by atoms with E-state index < -0.39 is 0 Å². The summed E-state index contributed by atoms with van der Waals surface area (Å²) in [6.07, 6.45) is 1.62. The zero-order chi connectivity index (χ0) is 8.10. The quantitative estimate of drug-likeness (QED) is 0.515. The van der Waals surface area contributed by atoms with Crippen LogP contribution in [0.5, 0.6) is 0 Å². The number of pyridine rings is 1. The molecule has 0 aliphatic rings. The van der Waals surface area contributed by atoms with Gasteiger partial charge in [0.25, 0.3) is 0 Å². The summed E-state index contributed by atoms with van der Waals surface area (Å²) in [6, 6.07) is 3.62. The van der Waals surface area contributed by atoms with Crippen molar-refractivity contribution in [3.63, 3.8) is 0 Å². The Bertz CT molecular complexity index is 252. The van der Waals surface area contributed by atoms with E-state index in [1.165, 1.54) is 0 Å². The van der Waals surface area contributed by atoms with Crippen LogP contribution in [-0.4, -0.2) is 4.98 Å². The van der Waals surface area contributed by atoms with Crippen LogP contribution in [0.15, 0.2) is 23.5 Å². The Morgan fingerprint density at radius 1 is 1.64 bits per heavy atom. The van der Waals surface area contributed by atoms with Crippen LogP contribution in [0.25, 0.3) is 0 Å². The van der Waals surface area contributed by atoms with Crippen LogP contribution >= 0.6 is 11.6 Å². The smallest absolute Gasteiger partial charge is 0.123 e. The molecule has 1 rings (SSSR count). The molecule has 1 aromatic rings. The molecule has 0 aromatic carbocycles. The first kappa shape index (κ1) is 8.14. The lowest BCUT2D eigenvalue weighted by atomic mass is 10.2. The average molecular weight is 171 g/mol. The van der Waals surface area contributed by atoms with Gasteiger partial charge in [-0.2, -0.15) is 4.91 Å². The molecule has 0 radical (unpaired) electrons. The van der Waals surface area contributed by atoms with Crippen LogP contribution in [0.2, 0.25) is 0 Å². The summed E-state index contributed by atoms with van der Waals surface area (Å²) < 4.78 is 0. The fourth-order valence-corrected chi connectivity index (χ4v) is 1.04. The van der Waals surface area contributed by atoms with Gasteiger partial charge in [0.15, 0.2) is 0 Å². The van der Waals surface area contributed by atoms with Gasteiger partial charge in [-0.1, -0.05) is 11.2 Å². The molecular formula is C7H7ClN2O. The first-order chi connectivity index (χ1) is 5.38. The summed E-state index contributed by atoms with van der Waals surface area (Å²) in [4.78, 5) is 13.9. The molecule has 0 amide bonds. The number of alkyl halides is 1. The third-order valence-corrected chi connectivity index (χ3v) is 1.63. The highest BCUT2D eigenvalue weighted by Crippen LogP contribution is 2.08. The van der Waals surface area contributed by atoms with E-state index in [9.17, 15) is 4.91 Å². The SMILES string of the molecule is O=NCc1ncccc1CCl. The zero-order valence-electron chi connectivity index (χ0n) is 5.83. The van der Waals surface area contributed by atoms with Crippen molar-refractivity contribution < 1.29 is 0 Å². The largest absolute Gasteiger partial charge is 0.259 e. The van der Waals surface area contributed by atoms with Crippen molar-refractivity contribution >= 4 is 11.6 Å². The Labute approximate surface area is 69.4 Å². The van der Waals surface area contributed by atoms with E-state index in [-0.39, 0.29) is 6.54 Å². The molecule has 0 fully saturated rings. The fraction of sp³-hybridized carbons (Fsp3) is 0.286. The molecule has 0 N–H and O–H groups in total. The minimum absolute atomic E-state index is 0.100. The van der Waals surface area contributed by atoms with Crippen molar-refractivity contribution in [2.24, 2.45) is 5.18 Å². The first-order valence-electron chi connectivity index (χ1n) is 3.16. The highest BCUT2D eigenvalue weighted by atomic mass is 35.5. The molecule has 1 heterocycles. The van der Waals surface area contributed by atoms with Crippen molar-refractivity contribution in [2.45, 2.75) is 12.4 Å². The zero-order valence-corrected chi connectivity index (χ0v) is 6.58. The molecular weight excluding hydrogens is 164 g/mol. The minimum Gasteiger partial charge on any atom is -0.259 e. The summed E-state index contributed by atoms with van der Waals surface area (Å²) in [5.74, 6) is 0.374. The van der Waals surface area contributed by atoms with Crippen LogP contribution in [-0.2, 0) is 12.4 Å². The number of halogens is 1. The van der Waals surface area contributed by atoms with Gasteiger partial charge in [0, 0.05) is 12.1 Å². The maximum atomic E-state index is 9.91. The van der Waals surface area contributed by atoms with Gasteiger partial charge in [0.1, 0.15) is 6.54 Å². The van der Waals surface area contributed by atoms with Crippen molar-refractivity contribution in [3.05, 3.63) is 34.5 Å². The topological polar surface area (TPSA) is 42.3 Å². The molecule has 0 saturated heterocycles. The van der Waals surface area contributed by atoms with Gasteiger partial charge in [-0.15, -0.1) is 11.6 Å². The van der Waals surface area contributed by atoms with Gasteiger partial charge in [-0.05, 0) is 11.6 Å². The van der Waals surface area contributed by atoms with E-state index in [2.05, 4.69) is 10.2 Å². The number of hydrogen-bond donors (Lipinski definition) is 0. The standard InChI is InChI=1S/C7H7ClN2O/c8-4-6-2-1-3-9-7(6)5-10-11/h1-3H,4-5H2. The number of hydrogen-bond acceptors (Lipinski definition) is 3. The lowest BCUT2D eigenvalue weighted by molar-refractivity contribution is 0.955. The van der Waals surface area contributed by atoms with Crippen molar-refractivity contribution in [3.8, 4) is 0 Å². The molecule has 0 aliphatic carbocycles. The van der Waals surface area contributed by atoms with Crippen LogP contribution in [0.3, 0.4) is 0 Å². The predicted molar refractivity (Wildman–Crippen MR) is 43.3 cm³/mol. The number of nitroso groups, excluding NO2 is 1. The van der Waals surface area contributed by atoms with Crippen molar-refractivity contribution in [1.29, 1.82) is 0 Å². The monoisotopic (exact) mass is 170 g/mol. The molecule has 4 heteroatoms. The van der Waals surface area contributed by atoms with Crippen LogP contribution in [0.1, 0.15) is 11.3 Å². The summed E-state index contributed by atoms with van der Waals surface area (Å²) >= 11 is 5.58. The Balaban J connectivity index is 2.92. The van der Waals surface area contributed by atoms with Gasteiger partial charge >= 0.3 is 0 Å². The molecule has 0 bridgehead atoms. The summed E-state index contributed by atoms with van der Waals surface area (Å²) in [6.45, 7) is 0.100. The first-order valence-corrected chi connectivity index (χ1v) is 3.69. The Morgan fingerprint density at radius 3 is 3.09 bits per heavy atom. The second kappa shape index (κ2) is 4.03. The molecule has 0 spiro atoms. The molecule has 11 heavy (non-hydrogen) atoms. The van der Waals surface area contributed by atoms with E-state index in [0.29, 0.717) is 11.6 Å². The minimum atomic E-state index is 0.100. The predicted octanol–water partition coefficient (Wildman–Crippen LogP) is 2.09. The van der Waals surface area contributed by atoms with Crippen LogP contribution < -0.4 is 0 Å². The maximum absolute atomic E-state index is 9.91. The van der Waals surface area contributed by atoms with Gasteiger partial charge in [0.05, 0.1) is 5.69 Å². The highest BCUT2D eigenvalue weighted by Gasteiger charge is 2.00. The summed E-state index contributed by atoms with van der Waals surface area (Å²) in [7, 11) is 0. The second-order valence-corrected chi connectivity index (χ2v) is 2.30. The van der Waals surface area contributed by atoms with E-state index in [1.54, 1.807) is 12.3 Å². The Morgan fingerprint density at radius 2 is 2.45 bits per heavy atom. The summed E-state index contributed by atoms with van der Waals surface area (Å²) in [5.41, 5.74) is 1.53. The average Bonchev–Trinajstić information content (AvgIpc) is 2.06. The maximum Gasteiger partial charge on any atom is 0.123 e. The van der Waals surface area contributed by atoms with E-state index in [0.717, 1.165) is 5.56 Å². The normalized spacial score (nSPS) is 9.55. The van der Waals surface area contributed by atoms with E-state index >= 15 is 0 Å². The highest BCUT2D eigenvalue weighted by molar-refractivity contribution is 6.17. The lowest BCUT2D eigenvalue weighted by Crippen LogP contribution is -1.92. The number of nitrogens with zero attached hydrogens (tertiary/aromatic N) is 2. The van der Waals surface area contributed by atoms with Gasteiger partial charge < -0.3 is 0 Å². The molecule has 1 aromatic heterocycles. The Kier molecular flexibility index (Phi) is 2.98. The number of rotatable bonds is 3. The molecule has 3 nitrogen and oxygen atoms in total. The fourth-order valence-electron chi connectivity index (χ4n) is 0.796. The number of aromatic nitrogens is 1. The summed E-state index contributed by atoms with van der Waals surface area (Å²) in [5, 5.41) is 2.74. The van der Waals surface area contributed by atoms with E-state index in [4.69, 9.17) is 11.6 Å². The molecule has 0 aliphatic heterocycles. The van der Waals surface area contributed by atoms with Gasteiger partial charge in [0.2, 0.25) is 0 Å². The lowest BCUT2D eigenvalue weighted by Gasteiger charge is -1.98. The van der Waals surface area contributed by atoms with Gasteiger partial charge in [-0.25, -0.2) is 0 Å². The van der Waals surface area contributed by atoms with Gasteiger partial charge in [-0.3, -0.25) is 4.98 Å². The second-order valence-electron chi connectivity index (χ2n) is 2.03. The van der Waals surface area contributed by atoms with Crippen LogP contribution in [0, 0.1) is 4.91 Å². The molecule has 0 atom stereocenters. The van der Waals surface area contributed by atoms with Crippen molar-refractivity contribution in [1.82, 2.24) is 4.98 Å². The Hall–Kier alpha value is -0.960. The van der Waals surface area contributed by atoms with E-state index in [1.807, 2.05) is 6.07 Å². The molecule has 0 unspecified atom stereocenters. The molecule has 58 valence electrons. The molecule has 0 saturated carbocycles.